The van der Waals surface area contributed by atoms with E-state index in [9.17, 15) is 21.6 Å². The molecule has 0 radical (unpaired) electrons. The number of alkyl halides is 3. The molecule has 0 bridgehead atoms. The fraction of sp³-hybridized carbons (Fsp3) is 0.577. The molecule has 2 N–H and O–H groups in total. The topological polar surface area (TPSA) is 119 Å². The Hall–Kier alpha value is -2.59. The summed E-state index contributed by atoms with van der Waals surface area (Å²) in [6.07, 6.45) is -3.62. The van der Waals surface area contributed by atoms with E-state index in [-0.39, 0.29) is 24.5 Å². The summed E-state index contributed by atoms with van der Waals surface area (Å²) in [7, 11) is -3.43. The van der Waals surface area contributed by atoms with E-state index in [0.29, 0.717) is 35.0 Å². The second-order valence-corrected chi connectivity index (χ2v) is 13.8. The Kier molecular flexibility index (Phi) is 7.96. The number of fused-ring (bicyclic) bond motifs is 2. The second-order valence-electron chi connectivity index (χ2n) is 10.8. The number of ether oxygens (including phenoxy) is 2. The number of nitrogens with zero attached hydrogens (tertiary/aromatic N) is 4. The Morgan fingerprint density at radius 3 is 2.51 bits per heavy atom. The van der Waals surface area contributed by atoms with Crippen LogP contribution >= 0.6 is 11.3 Å². The van der Waals surface area contributed by atoms with Gasteiger partial charge in [0.2, 0.25) is 16.0 Å². The summed E-state index contributed by atoms with van der Waals surface area (Å²) in [5.41, 5.74) is 1.82. The first-order valence-electron chi connectivity index (χ1n) is 13.3. The number of hydrogen-bond acceptors (Lipinski definition) is 10. The maximum atomic E-state index is 13.0. The lowest BCUT2D eigenvalue weighted by atomic mass is 10.1. The highest BCUT2D eigenvalue weighted by molar-refractivity contribution is 7.88. The Bertz CT molecular complexity index is 1500. The molecule has 1 aromatic carbocycles. The number of aromatic nitrogens is 3. The van der Waals surface area contributed by atoms with Gasteiger partial charge in [-0.05, 0) is 39.3 Å². The minimum atomic E-state index is -4.45. The molecule has 1 saturated heterocycles. The van der Waals surface area contributed by atoms with Gasteiger partial charge in [0, 0.05) is 19.0 Å². The highest BCUT2D eigenvalue weighted by atomic mass is 32.2. The zero-order valence-electron chi connectivity index (χ0n) is 23.3. The largest absolute Gasteiger partial charge is 0.405 e. The van der Waals surface area contributed by atoms with Crippen LogP contribution in [-0.2, 0) is 19.5 Å². The molecule has 10 nitrogen and oxygen atoms in total. The fourth-order valence-corrected chi connectivity index (χ4v) is 7.51. The number of sulfonamides is 1. The van der Waals surface area contributed by atoms with Gasteiger partial charge in [-0.3, -0.25) is 0 Å². The number of thiazole rings is 1. The number of hydrogen-bond donors (Lipinski definition) is 2. The minimum absolute atomic E-state index is 0.170. The van der Waals surface area contributed by atoms with E-state index < -0.39 is 40.7 Å². The summed E-state index contributed by atoms with van der Waals surface area (Å²) in [5.74, 6) is -0.941. The molecule has 3 aromatic rings. The van der Waals surface area contributed by atoms with E-state index in [1.807, 2.05) is 24.3 Å². The summed E-state index contributed by atoms with van der Waals surface area (Å²) in [5, 5.41) is 6.33. The first kappa shape index (κ1) is 29.9. The average molecular weight is 615 g/mol. The van der Waals surface area contributed by atoms with Crippen LogP contribution < -0.4 is 10.6 Å². The quantitative estimate of drug-likeness (QED) is 0.356. The molecular weight excluding hydrogens is 581 g/mol. The average Bonchev–Trinajstić information content (AvgIpc) is 3.51. The molecule has 5 rings (SSSR count). The number of benzene rings is 1. The lowest BCUT2D eigenvalue weighted by molar-refractivity contribution is -0.157. The van der Waals surface area contributed by atoms with Crippen molar-refractivity contribution in [2.75, 3.05) is 36.5 Å². The molecule has 41 heavy (non-hydrogen) atoms. The predicted octanol–water partition coefficient (Wildman–Crippen LogP) is 4.64. The summed E-state index contributed by atoms with van der Waals surface area (Å²) >= 11 is 1.43. The molecule has 224 valence electrons. The third-order valence-electron chi connectivity index (χ3n) is 7.21. The normalized spacial score (nSPS) is 24.2. The molecule has 2 aromatic heterocycles. The number of anilines is 2. The van der Waals surface area contributed by atoms with E-state index >= 15 is 0 Å². The molecule has 0 amide bonds. The van der Waals surface area contributed by atoms with Gasteiger partial charge in [-0.15, -0.1) is 11.3 Å². The summed E-state index contributed by atoms with van der Waals surface area (Å²) in [6, 6.07) is 7.25. The van der Waals surface area contributed by atoms with Crippen molar-refractivity contribution < 1.29 is 31.1 Å². The number of para-hydroxylation sites is 1. The molecule has 2 aliphatic rings. The Morgan fingerprint density at radius 2 is 1.85 bits per heavy atom. The third kappa shape index (κ3) is 6.58. The van der Waals surface area contributed by atoms with Gasteiger partial charge in [0.05, 0.1) is 39.9 Å². The van der Waals surface area contributed by atoms with Gasteiger partial charge >= 0.3 is 6.18 Å². The number of rotatable bonds is 9. The van der Waals surface area contributed by atoms with Gasteiger partial charge in [0.15, 0.2) is 5.79 Å². The van der Waals surface area contributed by atoms with Crippen molar-refractivity contribution >= 4 is 43.3 Å². The lowest BCUT2D eigenvalue weighted by Gasteiger charge is -2.27. The highest BCUT2D eigenvalue weighted by Crippen LogP contribution is 2.44. The molecule has 15 heteroatoms. The molecule has 4 unspecified atom stereocenters. The zero-order valence-corrected chi connectivity index (χ0v) is 25.0. The Morgan fingerprint density at radius 1 is 1.15 bits per heavy atom. The zero-order chi connectivity index (χ0) is 29.7. The standard InChI is InChI=1S/C26H33F3N6O4S2/c1-6-35(41(5,36)37)12-15-11-17(21-20(15)38-25(3,4)39-21)32-22-19(23-33-16-9-7-8-10-18(16)40-23)14(2)31-24(34-22)30-13-26(27,28)29/h7-10,15,17,20-21H,6,11-13H2,1-5H3,(H2,30,31,32,34). The monoisotopic (exact) mass is 614 g/mol. The van der Waals surface area contributed by atoms with E-state index in [2.05, 4.69) is 20.6 Å². The molecule has 4 atom stereocenters. The number of halogens is 3. The molecule has 1 saturated carbocycles. The molecule has 3 heterocycles. The summed E-state index contributed by atoms with van der Waals surface area (Å²) in [4.78, 5) is 13.5. The second kappa shape index (κ2) is 10.9. The van der Waals surface area contributed by atoms with Crippen LogP contribution in [0.4, 0.5) is 24.9 Å². The van der Waals surface area contributed by atoms with Crippen LogP contribution in [-0.4, -0.2) is 83.8 Å². The van der Waals surface area contributed by atoms with Crippen molar-refractivity contribution in [3.63, 3.8) is 0 Å². The van der Waals surface area contributed by atoms with E-state index in [4.69, 9.17) is 14.5 Å². The van der Waals surface area contributed by atoms with Crippen molar-refractivity contribution in [3.05, 3.63) is 30.0 Å². The summed E-state index contributed by atoms with van der Waals surface area (Å²) < 4.78 is 78.5. The third-order valence-corrected chi connectivity index (χ3v) is 9.61. The van der Waals surface area contributed by atoms with Crippen LogP contribution in [0.5, 0.6) is 0 Å². The van der Waals surface area contributed by atoms with E-state index in [1.165, 1.54) is 21.9 Å². The molecule has 2 fully saturated rings. The number of aryl methyl sites for hydroxylation is 1. The van der Waals surface area contributed by atoms with Crippen LogP contribution in [0.3, 0.4) is 0 Å². The first-order chi connectivity index (χ1) is 19.1. The van der Waals surface area contributed by atoms with E-state index in [0.717, 1.165) is 10.2 Å². The maximum Gasteiger partial charge on any atom is 0.405 e. The van der Waals surface area contributed by atoms with Crippen molar-refractivity contribution in [3.8, 4) is 10.6 Å². The maximum absolute atomic E-state index is 13.0. The SMILES string of the molecule is CCN(CC1CC(Nc2nc(NCC(F)(F)F)nc(C)c2-c2nc3ccccc3s2)C2OC(C)(C)OC12)S(C)(=O)=O. The van der Waals surface area contributed by atoms with Gasteiger partial charge < -0.3 is 20.1 Å². The van der Waals surface area contributed by atoms with Crippen LogP contribution in [0.15, 0.2) is 24.3 Å². The predicted molar refractivity (Wildman–Crippen MR) is 151 cm³/mol. The van der Waals surface area contributed by atoms with Crippen LogP contribution in [0.25, 0.3) is 20.8 Å². The van der Waals surface area contributed by atoms with E-state index in [1.54, 1.807) is 27.7 Å². The fourth-order valence-electron chi connectivity index (χ4n) is 5.51. The van der Waals surface area contributed by atoms with Gasteiger partial charge in [-0.1, -0.05) is 19.1 Å². The molecule has 1 aliphatic carbocycles. The highest BCUT2D eigenvalue weighted by Gasteiger charge is 2.54. The van der Waals surface area contributed by atoms with Crippen molar-refractivity contribution in [1.29, 1.82) is 0 Å². The van der Waals surface area contributed by atoms with Crippen molar-refractivity contribution in [2.45, 2.75) is 64.3 Å². The number of nitrogens with one attached hydrogen (secondary N) is 2. The minimum Gasteiger partial charge on any atom is -0.364 e. The Balaban J connectivity index is 1.52. The van der Waals surface area contributed by atoms with Gasteiger partial charge in [0.25, 0.3) is 0 Å². The van der Waals surface area contributed by atoms with Gasteiger partial charge in [-0.2, -0.15) is 18.2 Å². The molecular formula is C26H33F3N6O4S2. The van der Waals surface area contributed by atoms with Gasteiger partial charge in [0.1, 0.15) is 23.5 Å². The smallest absolute Gasteiger partial charge is 0.364 e. The van der Waals surface area contributed by atoms with Gasteiger partial charge in [-0.25, -0.2) is 22.7 Å². The van der Waals surface area contributed by atoms with Crippen LogP contribution in [0, 0.1) is 12.8 Å². The lowest BCUT2D eigenvalue weighted by Crippen LogP contribution is -2.38. The summed E-state index contributed by atoms with van der Waals surface area (Å²) in [6.45, 7) is 6.37. The molecule has 0 spiro atoms. The first-order valence-corrected chi connectivity index (χ1v) is 15.9. The molecule has 1 aliphatic heterocycles. The van der Waals surface area contributed by atoms with Crippen LogP contribution in [0.1, 0.15) is 32.9 Å². The van der Waals surface area contributed by atoms with Crippen molar-refractivity contribution in [1.82, 2.24) is 19.3 Å². The van der Waals surface area contributed by atoms with Crippen LogP contribution in [0.2, 0.25) is 0 Å². The van der Waals surface area contributed by atoms with Crippen molar-refractivity contribution in [2.24, 2.45) is 5.92 Å². The Labute approximate surface area is 240 Å².